The van der Waals surface area contributed by atoms with Gasteiger partial charge in [0.05, 0.1) is 0 Å². The van der Waals surface area contributed by atoms with Crippen molar-refractivity contribution in [1.82, 2.24) is 10.2 Å². The van der Waals surface area contributed by atoms with E-state index in [1.54, 1.807) is 0 Å². The summed E-state index contributed by atoms with van der Waals surface area (Å²) in [7, 11) is 0. The van der Waals surface area contributed by atoms with E-state index in [9.17, 15) is 0 Å². The van der Waals surface area contributed by atoms with Gasteiger partial charge in [0.1, 0.15) is 0 Å². The molecule has 118 valence electrons. The van der Waals surface area contributed by atoms with Gasteiger partial charge in [0.15, 0.2) is 0 Å². The Balaban J connectivity index is 2.13. The van der Waals surface area contributed by atoms with Gasteiger partial charge in [-0.25, -0.2) is 0 Å². The van der Waals surface area contributed by atoms with Crippen LogP contribution in [0.3, 0.4) is 0 Å². The van der Waals surface area contributed by atoms with Crippen molar-refractivity contribution in [3.63, 3.8) is 0 Å². The SMILES string of the molecule is CCC(C)C1CN(Cc2cc(C)ccc2C)C(C)CCN1. The highest BCUT2D eigenvalue weighted by atomic mass is 15.2. The molecule has 2 rings (SSSR count). The molecule has 3 unspecified atom stereocenters. The molecule has 0 aliphatic carbocycles. The number of aryl methyl sites for hydroxylation is 2. The summed E-state index contributed by atoms with van der Waals surface area (Å²) in [4.78, 5) is 2.68. The third kappa shape index (κ3) is 4.31. The van der Waals surface area contributed by atoms with Crippen LogP contribution >= 0.6 is 0 Å². The van der Waals surface area contributed by atoms with Crippen molar-refractivity contribution in [2.75, 3.05) is 13.1 Å². The molecule has 1 aromatic carbocycles. The van der Waals surface area contributed by atoms with Gasteiger partial charge in [-0.15, -0.1) is 0 Å². The average Bonchev–Trinajstić information content (AvgIpc) is 2.64. The third-order valence-electron chi connectivity index (χ3n) is 5.23. The Kier molecular flexibility index (Phi) is 5.83. The van der Waals surface area contributed by atoms with Crippen molar-refractivity contribution in [3.05, 3.63) is 34.9 Å². The Bertz CT molecular complexity index is 455. The summed E-state index contributed by atoms with van der Waals surface area (Å²) in [6.45, 7) is 14.9. The van der Waals surface area contributed by atoms with Crippen LogP contribution in [0.2, 0.25) is 0 Å². The number of nitrogens with one attached hydrogen (secondary N) is 1. The second-order valence-corrected chi connectivity index (χ2v) is 6.94. The molecular formula is C19H32N2. The second-order valence-electron chi connectivity index (χ2n) is 6.94. The van der Waals surface area contributed by atoms with Gasteiger partial charge in [-0.1, -0.05) is 44.0 Å². The summed E-state index contributed by atoms with van der Waals surface area (Å²) in [5, 5.41) is 3.76. The van der Waals surface area contributed by atoms with E-state index < -0.39 is 0 Å². The van der Waals surface area contributed by atoms with Crippen LogP contribution in [0.5, 0.6) is 0 Å². The van der Waals surface area contributed by atoms with Gasteiger partial charge in [0.25, 0.3) is 0 Å². The third-order valence-corrected chi connectivity index (χ3v) is 5.23. The fourth-order valence-corrected chi connectivity index (χ4v) is 3.23. The van der Waals surface area contributed by atoms with Crippen LogP contribution in [0.1, 0.15) is 50.3 Å². The van der Waals surface area contributed by atoms with Gasteiger partial charge < -0.3 is 5.32 Å². The van der Waals surface area contributed by atoms with Gasteiger partial charge in [-0.2, -0.15) is 0 Å². The monoisotopic (exact) mass is 288 g/mol. The standard InChI is InChI=1S/C19H32N2/c1-6-15(3)19-13-21(17(5)9-10-20-19)12-18-11-14(2)7-8-16(18)4/h7-8,11,15,17,19-20H,6,9-10,12-13H2,1-5H3. The molecule has 1 aliphatic heterocycles. The van der Waals surface area contributed by atoms with E-state index in [0.29, 0.717) is 12.1 Å². The van der Waals surface area contributed by atoms with Crippen LogP contribution in [0.15, 0.2) is 18.2 Å². The summed E-state index contributed by atoms with van der Waals surface area (Å²) in [5.41, 5.74) is 4.28. The maximum atomic E-state index is 3.76. The topological polar surface area (TPSA) is 15.3 Å². The molecule has 0 radical (unpaired) electrons. The number of hydrogen-bond donors (Lipinski definition) is 1. The zero-order chi connectivity index (χ0) is 15.4. The lowest BCUT2D eigenvalue weighted by atomic mass is 9.98. The molecule has 0 saturated carbocycles. The predicted octanol–water partition coefficient (Wildman–Crippen LogP) is 3.90. The van der Waals surface area contributed by atoms with E-state index in [2.05, 4.69) is 63.0 Å². The highest BCUT2D eigenvalue weighted by Gasteiger charge is 2.25. The first-order valence-corrected chi connectivity index (χ1v) is 8.54. The Morgan fingerprint density at radius 2 is 2.10 bits per heavy atom. The Labute approximate surface area is 130 Å². The Morgan fingerprint density at radius 3 is 2.81 bits per heavy atom. The Hall–Kier alpha value is -0.860. The van der Waals surface area contributed by atoms with Gasteiger partial charge in [0, 0.05) is 25.2 Å². The molecular weight excluding hydrogens is 256 g/mol. The quantitative estimate of drug-likeness (QED) is 0.904. The van der Waals surface area contributed by atoms with E-state index in [4.69, 9.17) is 0 Å². The normalized spacial score (nSPS) is 25.6. The molecule has 0 amide bonds. The van der Waals surface area contributed by atoms with Gasteiger partial charge in [0.2, 0.25) is 0 Å². The van der Waals surface area contributed by atoms with E-state index >= 15 is 0 Å². The molecule has 2 heteroatoms. The first kappa shape index (κ1) is 16.5. The summed E-state index contributed by atoms with van der Waals surface area (Å²) in [6, 6.07) is 8.13. The van der Waals surface area contributed by atoms with Crippen LogP contribution in [-0.4, -0.2) is 30.1 Å². The molecule has 21 heavy (non-hydrogen) atoms. The summed E-state index contributed by atoms with van der Waals surface area (Å²) < 4.78 is 0. The zero-order valence-corrected chi connectivity index (χ0v) is 14.4. The van der Waals surface area contributed by atoms with E-state index in [1.807, 2.05) is 0 Å². The highest BCUT2D eigenvalue weighted by Crippen LogP contribution is 2.20. The van der Waals surface area contributed by atoms with E-state index in [-0.39, 0.29) is 0 Å². The van der Waals surface area contributed by atoms with Crippen LogP contribution in [0, 0.1) is 19.8 Å². The van der Waals surface area contributed by atoms with Crippen LogP contribution in [0.4, 0.5) is 0 Å². The van der Waals surface area contributed by atoms with Crippen molar-refractivity contribution in [1.29, 1.82) is 0 Å². The van der Waals surface area contributed by atoms with Gasteiger partial charge >= 0.3 is 0 Å². The first-order chi connectivity index (χ1) is 10.0. The molecule has 0 spiro atoms. The summed E-state index contributed by atoms with van der Waals surface area (Å²) >= 11 is 0. The molecule has 3 atom stereocenters. The first-order valence-electron chi connectivity index (χ1n) is 8.54. The van der Waals surface area contributed by atoms with Crippen molar-refractivity contribution in [2.24, 2.45) is 5.92 Å². The van der Waals surface area contributed by atoms with Crippen molar-refractivity contribution < 1.29 is 0 Å². The molecule has 1 heterocycles. The lowest BCUT2D eigenvalue weighted by Gasteiger charge is -2.31. The minimum atomic E-state index is 0.630. The number of nitrogens with zero attached hydrogens (tertiary/aromatic N) is 1. The fourth-order valence-electron chi connectivity index (χ4n) is 3.23. The largest absolute Gasteiger partial charge is 0.312 e. The van der Waals surface area contributed by atoms with E-state index in [1.165, 1.54) is 36.1 Å². The fraction of sp³-hybridized carbons (Fsp3) is 0.684. The van der Waals surface area contributed by atoms with Crippen molar-refractivity contribution in [2.45, 2.75) is 66.1 Å². The Morgan fingerprint density at radius 1 is 1.33 bits per heavy atom. The van der Waals surface area contributed by atoms with Crippen molar-refractivity contribution in [3.8, 4) is 0 Å². The number of rotatable bonds is 4. The minimum absolute atomic E-state index is 0.630. The average molecular weight is 288 g/mol. The van der Waals surface area contributed by atoms with Crippen molar-refractivity contribution >= 4 is 0 Å². The molecule has 2 nitrogen and oxygen atoms in total. The number of benzene rings is 1. The highest BCUT2D eigenvalue weighted by molar-refractivity contribution is 5.30. The molecule has 1 fully saturated rings. The molecule has 1 aliphatic rings. The number of hydrogen-bond acceptors (Lipinski definition) is 2. The van der Waals surface area contributed by atoms with Crippen LogP contribution in [0.25, 0.3) is 0 Å². The summed E-state index contributed by atoms with van der Waals surface area (Å²) in [5.74, 6) is 0.747. The maximum absolute atomic E-state index is 3.76. The lowest BCUT2D eigenvalue weighted by Crippen LogP contribution is -2.43. The van der Waals surface area contributed by atoms with E-state index in [0.717, 1.165) is 19.0 Å². The smallest absolute Gasteiger partial charge is 0.0239 e. The molecule has 0 bridgehead atoms. The van der Waals surface area contributed by atoms with Crippen LogP contribution < -0.4 is 5.32 Å². The van der Waals surface area contributed by atoms with Gasteiger partial charge in [-0.05, 0) is 50.8 Å². The molecule has 1 N–H and O–H groups in total. The molecule has 0 aromatic heterocycles. The zero-order valence-electron chi connectivity index (χ0n) is 14.4. The molecule has 1 saturated heterocycles. The lowest BCUT2D eigenvalue weighted by molar-refractivity contribution is 0.180. The summed E-state index contributed by atoms with van der Waals surface area (Å²) in [6.07, 6.45) is 2.50. The maximum Gasteiger partial charge on any atom is 0.0239 e. The molecule has 1 aromatic rings. The predicted molar refractivity (Wildman–Crippen MR) is 91.7 cm³/mol. The van der Waals surface area contributed by atoms with Crippen LogP contribution in [-0.2, 0) is 6.54 Å². The second kappa shape index (κ2) is 7.42. The minimum Gasteiger partial charge on any atom is -0.312 e. The van der Waals surface area contributed by atoms with Gasteiger partial charge in [-0.3, -0.25) is 4.90 Å².